The van der Waals surface area contributed by atoms with Gasteiger partial charge in [0.25, 0.3) is 5.56 Å². The highest BCUT2D eigenvalue weighted by Gasteiger charge is 2.18. The summed E-state index contributed by atoms with van der Waals surface area (Å²) in [5, 5.41) is 22.5. The second-order valence-corrected chi connectivity index (χ2v) is 8.31. The van der Waals surface area contributed by atoms with Crippen molar-refractivity contribution in [2.45, 2.75) is 26.1 Å². The number of benzene rings is 2. The summed E-state index contributed by atoms with van der Waals surface area (Å²) >= 11 is 0. The highest BCUT2D eigenvalue weighted by Crippen LogP contribution is 2.35. The first-order valence-corrected chi connectivity index (χ1v) is 11.3. The lowest BCUT2D eigenvalue weighted by Gasteiger charge is -2.21. The van der Waals surface area contributed by atoms with E-state index in [2.05, 4.69) is 25.4 Å². The maximum absolute atomic E-state index is 12.8. The molecule has 35 heavy (non-hydrogen) atoms. The summed E-state index contributed by atoms with van der Waals surface area (Å²) in [7, 11) is 1.63. The molecule has 0 saturated carbocycles. The first-order valence-electron chi connectivity index (χ1n) is 11.3. The molecule has 0 radical (unpaired) electrons. The minimum absolute atomic E-state index is 0.0465. The molecule has 0 spiro atoms. The van der Waals surface area contributed by atoms with Crippen molar-refractivity contribution in [1.82, 2.24) is 30.1 Å². The third-order valence-electron chi connectivity index (χ3n) is 5.90. The number of aliphatic hydroxyl groups excluding tert-OH is 1. The molecule has 0 atom stereocenters. The first-order chi connectivity index (χ1) is 17.1. The van der Waals surface area contributed by atoms with E-state index in [9.17, 15) is 9.90 Å². The summed E-state index contributed by atoms with van der Waals surface area (Å²) in [5.74, 6) is 2.73. The molecule has 11 heteroatoms. The molecule has 2 aromatic heterocycles. The fourth-order valence-corrected chi connectivity index (χ4v) is 4.07. The zero-order chi connectivity index (χ0) is 24.2. The second kappa shape index (κ2) is 10.1. The van der Waals surface area contributed by atoms with E-state index in [0.717, 1.165) is 16.7 Å². The van der Waals surface area contributed by atoms with Gasteiger partial charge < -0.3 is 24.3 Å². The first kappa shape index (κ1) is 22.8. The Kier molecular flexibility index (Phi) is 6.59. The monoisotopic (exact) mass is 478 g/mol. The predicted octanol–water partition coefficient (Wildman–Crippen LogP) is 1.68. The molecule has 0 fully saturated rings. The number of hydrogen-bond acceptors (Lipinski definition) is 9. The predicted molar refractivity (Wildman–Crippen MR) is 126 cm³/mol. The van der Waals surface area contributed by atoms with E-state index in [0.29, 0.717) is 61.0 Å². The number of aromatic nitrogens is 5. The number of pyridine rings is 1. The second-order valence-electron chi connectivity index (χ2n) is 8.31. The van der Waals surface area contributed by atoms with Gasteiger partial charge >= 0.3 is 0 Å². The summed E-state index contributed by atoms with van der Waals surface area (Å²) < 4.78 is 17.8. The van der Waals surface area contributed by atoms with E-state index in [4.69, 9.17) is 14.2 Å². The van der Waals surface area contributed by atoms with Crippen LogP contribution in [0.1, 0.15) is 23.4 Å². The molecule has 2 aromatic carbocycles. The van der Waals surface area contributed by atoms with Crippen LogP contribution in [0.15, 0.2) is 47.3 Å². The average molecular weight is 479 g/mol. The van der Waals surface area contributed by atoms with Crippen LogP contribution in [0.5, 0.6) is 17.2 Å². The summed E-state index contributed by atoms with van der Waals surface area (Å²) in [6.07, 6.45) is 0.560. The average Bonchev–Trinajstić information content (AvgIpc) is 3.51. The van der Waals surface area contributed by atoms with Crippen molar-refractivity contribution >= 4 is 10.9 Å². The van der Waals surface area contributed by atoms with Crippen LogP contribution in [0.3, 0.4) is 0 Å². The normalized spacial score (nSPS) is 12.5. The lowest BCUT2D eigenvalue weighted by Crippen LogP contribution is -2.29. The van der Waals surface area contributed by atoms with Gasteiger partial charge in [0.15, 0.2) is 17.3 Å². The Bertz CT molecular complexity index is 1370. The van der Waals surface area contributed by atoms with Gasteiger partial charge in [-0.2, -0.15) is 0 Å². The van der Waals surface area contributed by atoms with Crippen LogP contribution in [-0.2, 0) is 19.6 Å². The Labute approximate surface area is 200 Å². The van der Waals surface area contributed by atoms with Gasteiger partial charge in [-0.3, -0.25) is 9.69 Å². The Morgan fingerprint density at radius 2 is 1.94 bits per heavy atom. The number of hydrogen-bond donors (Lipinski definition) is 2. The quantitative estimate of drug-likeness (QED) is 0.350. The standard InChI is InChI=1S/C24H26N6O5/c1-33-19-5-3-16(4-6-19)12-30-23(26-27-28-30)14-29(7-2-8-31)13-18-9-17-10-21-22(35-15-34-21)11-20(17)25-24(18)32/h3-6,9-11,31H,2,7-8,12-15H2,1H3,(H,25,32). The van der Waals surface area contributed by atoms with Gasteiger partial charge in [-0.1, -0.05) is 12.1 Å². The Hall–Kier alpha value is -3.96. The van der Waals surface area contributed by atoms with Gasteiger partial charge in [0.05, 0.1) is 25.7 Å². The molecule has 0 amide bonds. The molecule has 1 aliphatic heterocycles. The number of H-pyrrole nitrogens is 1. The van der Waals surface area contributed by atoms with Crippen LogP contribution >= 0.6 is 0 Å². The zero-order valence-electron chi connectivity index (χ0n) is 19.3. The minimum atomic E-state index is -0.178. The van der Waals surface area contributed by atoms with Crippen molar-refractivity contribution in [3.63, 3.8) is 0 Å². The van der Waals surface area contributed by atoms with Crippen LogP contribution < -0.4 is 19.8 Å². The molecule has 5 rings (SSSR count). The van der Waals surface area contributed by atoms with Gasteiger partial charge in [-0.15, -0.1) is 5.10 Å². The van der Waals surface area contributed by atoms with Crippen molar-refractivity contribution in [2.75, 3.05) is 27.1 Å². The van der Waals surface area contributed by atoms with E-state index in [-0.39, 0.29) is 19.0 Å². The molecule has 182 valence electrons. The lowest BCUT2D eigenvalue weighted by molar-refractivity contribution is 0.174. The highest BCUT2D eigenvalue weighted by atomic mass is 16.7. The summed E-state index contributed by atoms with van der Waals surface area (Å²) in [6.45, 7) is 2.08. The molecule has 0 aliphatic carbocycles. The molecule has 3 heterocycles. The van der Waals surface area contributed by atoms with Crippen molar-refractivity contribution < 1.29 is 19.3 Å². The molecule has 2 N–H and O–H groups in total. The van der Waals surface area contributed by atoms with Gasteiger partial charge in [0.1, 0.15) is 5.75 Å². The minimum Gasteiger partial charge on any atom is -0.497 e. The largest absolute Gasteiger partial charge is 0.497 e. The number of ether oxygens (including phenoxy) is 3. The van der Waals surface area contributed by atoms with Crippen LogP contribution in [-0.4, -0.2) is 62.3 Å². The molecule has 4 aromatic rings. The number of aromatic amines is 1. The molecule has 0 bridgehead atoms. The van der Waals surface area contributed by atoms with Crippen LogP contribution in [0.4, 0.5) is 0 Å². The van der Waals surface area contributed by atoms with Gasteiger partial charge in [0.2, 0.25) is 6.79 Å². The fraction of sp³-hybridized carbons (Fsp3) is 0.333. The number of methoxy groups -OCH3 is 1. The highest BCUT2D eigenvalue weighted by molar-refractivity contribution is 5.83. The van der Waals surface area contributed by atoms with Crippen molar-refractivity contribution in [3.05, 3.63) is 69.8 Å². The molecule has 0 saturated heterocycles. The van der Waals surface area contributed by atoms with Crippen LogP contribution in [0, 0.1) is 0 Å². The van der Waals surface area contributed by atoms with E-state index < -0.39 is 0 Å². The fourth-order valence-electron chi connectivity index (χ4n) is 4.07. The van der Waals surface area contributed by atoms with E-state index >= 15 is 0 Å². The SMILES string of the molecule is COc1ccc(Cn2nnnc2CN(CCCO)Cc2cc3cc4c(cc3[nH]c2=O)OCO4)cc1. The molecule has 0 unspecified atom stereocenters. The van der Waals surface area contributed by atoms with Crippen molar-refractivity contribution in [3.8, 4) is 17.2 Å². The van der Waals surface area contributed by atoms with Gasteiger partial charge in [-0.25, -0.2) is 4.68 Å². The maximum atomic E-state index is 12.8. The Morgan fingerprint density at radius 1 is 1.14 bits per heavy atom. The van der Waals surface area contributed by atoms with Crippen LogP contribution in [0.25, 0.3) is 10.9 Å². The number of tetrazole rings is 1. The number of aliphatic hydroxyl groups is 1. The van der Waals surface area contributed by atoms with E-state index in [1.54, 1.807) is 17.9 Å². The molecule has 11 nitrogen and oxygen atoms in total. The maximum Gasteiger partial charge on any atom is 0.252 e. The topological polar surface area (TPSA) is 128 Å². The number of fused-ring (bicyclic) bond motifs is 2. The third kappa shape index (κ3) is 5.10. The number of rotatable bonds is 10. The Balaban J connectivity index is 1.36. The van der Waals surface area contributed by atoms with E-state index in [1.807, 2.05) is 36.4 Å². The smallest absolute Gasteiger partial charge is 0.252 e. The summed E-state index contributed by atoms with van der Waals surface area (Å²) in [4.78, 5) is 17.8. The Morgan fingerprint density at radius 3 is 2.71 bits per heavy atom. The third-order valence-corrected chi connectivity index (χ3v) is 5.90. The lowest BCUT2D eigenvalue weighted by atomic mass is 10.1. The van der Waals surface area contributed by atoms with Crippen molar-refractivity contribution in [2.24, 2.45) is 0 Å². The molecular weight excluding hydrogens is 452 g/mol. The van der Waals surface area contributed by atoms with Gasteiger partial charge in [-0.05, 0) is 46.7 Å². The van der Waals surface area contributed by atoms with Crippen molar-refractivity contribution in [1.29, 1.82) is 0 Å². The number of nitrogens with zero attached hydrogens (tertiary/aromatic N) is 5. The van der Waals surface area contributed by atoms with E-state index in [1.165, 1.54) is 0 Å². The number of nitrogens with one attached hydrogen (secondary N) is 1. The zero-order valence-corrected chi connectivity index (χ0v) is 19.3. The summed E-state index contributed by atoms with van der Waals surface area (Å²) in [6, 6.07) is 13.2. The van der Waals surface area contributed by atoms with Crippen LogP contribution in [0.2, 0.25) is 0 Å². The van der Waals surface area contributed by atoms with Gasteiger partial charge in [0, 0.05) is 36.7 Å². The molecule has 1 aliphatic rings. The molecular formula is C24H26N6O5. The summed E-state index contributed by atoms with van der Waals surface area (Å²) in [5.41, 5.74) is 2.14.